The molecule has 17 heavy (non-hydrogen) atoms. The highest BCUT2D eigenvalue weighted by atomic mass is 35.5. The van der Waals surface area contributed by atoms with Crippen LogP contribution in [0.15, 0.2) is 22.9 Å². The molecule has 0 radical (unpaired) electrons. The Labute approximate surface area is 103 Å². The number of hydrogen-bond acceptors (Lipinski definition) is 3. The summed E-state index contributed by atoms with van der Waals surface area (Å²) in [6.45, 7) is 2.22. The molecule has 0 aliphatic carbocycles. The summed E-state index contributed by atoms with van der Waals surface area (Å²) in [5.74, 6) is 0.214. The van der Waals surface area contributed by atoms with Gasteiger partial charge in [0, 0.05) is 12.6 Å². The normalized spacial score (nSPS) is 10.7. The number of hydrogen-bond donors (Lipinski definition) is 1. The Bertz CT molecular complexity index is 545. The number of aryl methyl sites for hydroxylation is 1. The molecule has 0 aliphatic heterocycles. The van der Waals surface area contributed by atoms with Gasteiger partial charge in [0.2, 0.25) is 5.89 Å². The van der Waals surface area contributed by atoms with Crippen LogP contribution in [0, 0.1) is 0 Å². The second-order valence-electron chi connectivity index (χ2n) is 3.55. The van der Waals surface area contributed by atoms with Crippen molar-refractivity contribution in [2.75, 3.05) is 0 Å². The van der Waals surface area contributed by atoms with Crippen LogP contribution >= 0.6 is 11.6 Å². The van der Waals surface area contributed by atoms with E-state index in [4.69, 9.17) is 21.1 Å². The van der Waals surface area contributed by atoms with Gasteiger partial charge in [0.15, 0.2) is 0 Å². The first-order valence-corrected chi connectivity index (χ1v) is 5.50. The number of carboxylic acid groups (broad SMARTS) is 1. The first-order valence-electron chi connectivity index (χ1n) is 5.12. The average Bonchev–Trinajstić information content (AvgIpc) is 2.85. The molecule has 0 atom stereocenters. The average molecular weight is 255 g/mol. The number of carbonyl (C=O) groups is 1. The van der Waals surface area contributed by atoms with Crippen LogP contribution in [0.5, 0.6) is 0 Å². The first kappa shape index (κ1) is 11.7. The summed E-state index contributed by atoms with van der Waals surface area (Å²) in [4.78, 5) is 15.0. The molecule has 6 heteroatoms. The highest BCUT2D eigenvalue weighted by Gasteiger charge is 2.13. The molecule has 0 aromatic carbocycles. The van der Waals surface area contributed by atoms with Gasteiger partial charge in [0.1, 0.15) is 11.5 Å². The maximum Gasteiger partial charge on any atom is 0.352 e. The van der Waals surface area contributed by atoms with Gasteiger partial charge >= 0.3 is 5.97 Å². The van der Waals surface area contributed by atoms with Gasteiger partial charge in [-0.3, -0.25) is 0 Å². The molecule has 1 N–H and O–H groups in total. The molecule has 0 fully saturated rings. The van der Waals surface area contributed by atoms with E-state index in [1.54, 1.807) is 12.4 Å². The van der Waals surface area contributed by atoms with Crippen molar-refractivity contribution in [1.82, 2.24) is 9.55 Å². The Morgan fingerprint density at radius 2 is 2.41 bits per heavy atom. The Balaban J connectivity index is 2.26. The van der Waals surface area contributed by atoms with Crippen molar-refractivity contribution in [1.29, 1.82) is 0 Å². The zero-order valence-corrected chi connectivity index (χ0v) is 9.94. The largest absolute Gasteiger partial charge is 0.477 e. The summed E-state index contributed by atoms with van der Waals surface area (Å²) in [6, 6.07) is 1.40. The van der Waals surface area contributed by atoms with Crippen LogP contribution in [0.25, 0.3) is 0 Å². The van der Waals surface area contributed by atoms with E-state index in [0.29, 0.717) is 10.9 Å². The summed E-state index contributed by atoms with van der Waals surface area (Å²) in [5, 5.41) is 9.36. The van der Waals surface area contributed by atoms with E-state index in [9.17, 15) is 4.79 Å². The third-order valence-electron chi connectivity index (χ3n) is 2.34. The zero-order valence-electron chi connectivity index (χ0n) is 9.18. The molecule has 2 aromatic heterocycles. The van der Waals surface area contributed by atoms with Crippen LogP contribution in [-0.2, 0) is 13.0 Å². The lowest BCUT2D eigenvalue weighted by molar-refractivity contribution is 0.0685. The number of carboxylic acids is 1. The lowest BCUT2D eigenvalue weighted by Crippen LogP contribution is -2.08. The van der Waals surface area contributed by atoms with Gasteiger partial charge in [-0.2, -0.15) is 0 Å². The third-order valence-corrected chi connectivity index (χ3v) is 2.54. The summed E-state index contributed by atoms with van der Waals surface area (Å²) in [5.41, 5.74) is 0.117. The third kappa shape index (κ3) is 2.50. The molecule has 0 amide bonds. The molecule has 0 saturated carbocycles. The van der Waals surface area contributed by atoms with Gasteiger partial charge in [-0.1, -0.05) is 18.5 Å². The summed E-state index contributed by atoms with van der Waals surface area (Å²) in [6.07, 6.45) is 3.94. The van der Waals surface area contributed by atoms with Crippen molar-refractivity contribution in [3.8, 4) is 0 Å². The smallest absolute Gasteiger partial charge is 0.352 e. The highest BCUT2D eigenvalue weighted by Crippen LogP contribution is 2.16. The second-order valence-corrected chi connectivity index (χ2v) is 3.99. The molecule has 0 aliphatic rings. The van der Waals surface area contributed by atoms with Gasteiger partial charge < -0.3 is 14.1 Å². The molecular weight excluding hydrogens is 244 g/mol. The van der Waals surface area contributed by atoms with E-state index < -0.39 is 5.97 Å². The van der Waals surface area contributed by atoms with E-state index in [0.717, 1.165) is 12.2 Å². The minimum absolute atomic E-state index is 0.117. The molecule has 5 nitrogen and oxygen atoms in total. The Morgan fingerprint density at radius 1 is 1.65 bits per heavy atom. The molecule has 2 heterocycles. The topological polar surface area (TPSA) is 68.3 Å². The van der Waals surface area contributed by atoms with Crippen molar-refractivity contribution in [2.45, 2.75) is 19.9 Å². The van der Waals surface area contributed by atoms with Crippen molar-refractivity contribution < 1.29 is 14.3 Å². The van der Waals surface area contributed by atoms with E-state index in [-0.39, 0.29) is 12.2 Å². The minimum Gasteiger partial charge on any atom is -0.477 e. The molecule has 0 saturated heterocycles. The van der Waals surface area contributed by atoms with Crippen LogP contribution in [0.1, 0.15) is 29.1 Å². The fourth-order valence-electron chi connectivity index (χ4n) is 1.51. The molecule has 90 valence electrons. The fraction of sp³-hybridized carbons (Fsp3) is 0.273. The van der Waals surface area contributed by atoms with Crippen molar-refractivity contribution in [2.24, 2.45) is 0 Å². The van der Waals surface area contributed by atoms with Gasteiger partial charge in [-0.25, -0.2) is 9.78 Å². The van der Waals surface area contributed by atoms with Crippen LogP contribution in [-0.4, -0.2) is 20.6 Å². The summed E-state index contributed by atoms with van der Waals surface area (Å²) in [7, 11) is 0. The van der Waals surface area contributed by atoms with Crippen molar-refractivity contribution in [3.05, 3.63) is 40.8 Å². The number of aromatic carboxylic acids is 1. The van der Waals surface area contributed by atoms with E-state index in [1.165, 1.54) is 10.6 Å². The van der Waals surface area contributed by atoms with E-state index >= 15 is 0 Å². The Morgan fingerprint density at radius 3 is 3.00 bits per heavy atom. The summed E-state index contributed by atoms with van der Waals surface area (Å²) >= 11 is 5.77. The van der Waals surface area contributed by atoms with Crippen molar-refractivity contribution in [3.63, 3.8) is 0 Å². The molecule has 0 unspecified atom stereocenters. The van der Waals surface area contributed by atoms with Crippen LogP contribution in [0.3, 0.4) is 0 Å². The molecule has 2 rings (SSSR count). The second kappa shape index (κ2) is 4.63. The molecule has 2 aromatic rings. The van der Waals surface area contributed by atoms with Crippen molar-refractivity contribution >= 4 is 17.6 Å². The maximum absolute atomic E-state index is 11.0. The predicted molar refractivity (Wildman–Crippen MR) is 61.4 cm³/mol. The van der Waals surface area contributed by atoms with Gasteiger partial charge in [-0.05, 0) is 6.07 Å². The quantitative estimate of drug-likeness (QED) is 0.910. The maximum atomic E-state index is 11.0. The lowest BCUT2D eigenvalue weighted by atomic mass is 10.4. The number of nitrogens with zero attached hydrogens (tertiary/aromatic N) is 2. The predicted octanol–water partition coefficient (Wildman–Crippen LogP) is 2.44. The number of aromatic nitrogens is 2. The van der Waals surface area contributed by atoms with E-state index in [2.05, 4.69) is 4.98 Å². The lowest BCUT2D eigenvalue weighted by Gasteiger charge is -2.02. The zero-order chi connectivity index (χ0) is 12.4. The SMILES string of the molecule is CCc1cnc(Cn2cc(Cl)cc2C(=O)O)o1. The van der Waals surface area contributed by atoms with Crippen LogP contribution in [0.2, 0.25) is 5.02 Å². The van der Waals surface area contributed by atoms with Gasteiger partial charge in [0.25, 0.3) is 0 Å². The van der Waals surface area contributed by atoms with Crippen LogP contribution in [0.4, 0.5) is 0 Å². The highest BCUT2D eigenvalue weighted by molar-refractivity contribution is 6.30. The first-order chi connectivity index (χ1) is 8.10. The molecule has 0 bridgehead atoms. The number of halogens is 1. The molecule has 0 spiro atoms. The van der Waals surface area contributed by atoms with E-state index in [1.807, 2.05) is 6.92 Å². The number of oxazole rings is 1. The number of rotatable bonds is 4. The standard InChI is InChI=1S/C11H11ClN2O3/c1-2-8-4-13-10(17-8)6-14-5-7(12)3-9(14)11(15)16/h3-5H,2,6H2,1H3,(H,15,16). The Kier molecular flexibility index (Phi) is 3.19. The summed E-state index contributed by atoms with van der Waals surface area (Å²) < 4.78 is 6.91. The fourth-order valence-corrected chi connectivity index (χ4v) is 1.74. The monoisotopic (exact) mass is 254 g/mol. The van der Waals surface area contributed by atoms with Gasteiger partial charge in [-0.15, -0.1) is 0 Å². The van der Waals surface area contributed by atoms with Crippen LogP contribution < -0.4 is 0 Å². The molecular formula is C11H11ClN2O3. The Hall–Kier alpha value is -1.75. The minimum atomic E-state index is -1.03. The van der Waals surface area contributed by atoms with Gasteiger partial charge in [0.05, 0.1) is 17.8 Å².